The first kappa shape index (κ1) is 28.6. The van der Waals surface area contributed by atoms with E-state index in [0.29, 0.717) is 23.7 Å². The summed E-state index contributed by atoms with van der Waals surface area (Å²) >= 11 is 0. The zero-order chi connectivity index (χ0) is 27.6. The van der Waals surface area contributed by atoms with Crippen LogP contribution in [-0.4, -0.2) is 11.4 Å². The average Bonchev–Trinajstić information content (AvgIpc) is 3.30. The van der Waals surface area contributed by atoms with Gasteiger partial charge in [-0.3, -0.25) is 0 Å². The molecule has 0 fully saturated rings. The Morgan fingerprint density at radius 2 is 0.811 bits per heavy atom. The SMILES string of the molecule is CC(=Nc1c(C(C)C)cc(C)cc1C(C)C)c1ccc(C(C)=Nc2c(C(C)C)cc(C)cc2C(C)C)o1. The molecular formula is C34H46N2O. The van der Waals surface area contributed by atoms with Gasteiger partial charge in [0.1, 0.15) is 11.5 Å². The molecule has 2 aromatic carbocycles. The number of rotatable bonds is 8. The van der Waals surface area contributed by atoms with Crippen LogP contribution in [-0.2, 0) is 0 Å². The topological polar surface area (TPSA) is 37.9 Å². The predicted molar refractivity (Wildman–Crippen MR) is 161 cm³/mol. The molecule has 0 aliphatic heterocycles. The zero-order valence-corrected chi connectivity index (χ0v) is 25.1. The maximum absolute atomic E-state index is 6.34. The second-order valence-electron chi connectivity index (χ2n) is 11.8. The van der Waals surface area contributed by atoms with Gasteiger partial charge in [-0.15, -0.1) is 0 Å². The maximum Gasteiger partial charge on any atom is 0.148 e. The highest BCUT2D eigenvalue weighted by molar-refractivity contribution is 6.02. The van der Waals surface area contributed by atoms with Crippen LogP contribution in [0.3, 0.4) is 0 Å². The van der Waals surface area contributed by atoms with E-state index in [9.17, 15) is 0 Å². The quantitative estimate of drug-likeness (QED) is 0.285. The first-order valence-electron chi connectivity index (χ1n) is 13.8. The number of hydrogen-bond acceptors (Lipinski definition) is 3. The molecule has 37 heavy (non-hydrogen) atoms. The van der Waals surface area contributed by atoms with Gasteiger partial charge >= 0.3 is 0 Å². The molecule has 0 unspecified atom stereocenters. The van der Waals surface area contributed by atoms with Crippen molar-refractivity contribution in [1.82, 2.24) is 0 Å². The average molecular weight is 499 g/mol. The van der Waals surface area contributed by atoms with Gasteiger partial charge < -0.3 is 4.42 Å². The summed E-state index contributed by atoms with van der Waals surface area (Å²) in [6.45, 7) is 26.3. The fourth-order valence-electron chi connectivity index (χ4n) is 4.86. The third kappa shape index (κ3) is 6.50. The van der Waals surface area contributed by atoms with E-state index in [-0.39, 0.29) is 0 Å². The molecule has 0 saturated heterocycles. The van der Waals surface area contributed by atoms with Crippen molar-refractivity contribution in [1.29, 1.82) is 0 Å². The van der Waals surface area contributed by atoms with E-state index in [4.69, 9.17) is 14.4 Å². The Balaban J connectivity index is 2.06. The summed E-state index contributed by atoms with van der Waals surface area (Å²) < 4.78 is 6.34. The Morgan fingerprint density at radius 3 is 1.05 bits per heavy atom. The van der Waals surface area contributed by atoms with Crippen LogP contribution in [0, 0.1) is 13.8 Å². The van der Waals surface area contributed by atoms with Gasteiger partial charge in [-0.25, -0.2) is 9.98 Å². The molecule has 3 heteroatoms. The van der Waals surface area contributed by atoms with Crippen molar-refractivity contribution in [2.45, 2.75) is 107 Å². The van der Waals surface area contributed by atoms with Crippen LogP contribution in [0.2, 0.25) is 0 Å². The van der Waals surface area contributed by atoms with E-state index in [1.165, 1.54) is 33.4 Å². The number of hydrogen-bond donors (Lipinski definition) is 0. The lowest BCUT2D eigenvalue weighted by molar-refractivity contribution is 0.547. The number of aliphatic imine (C=N–C) groups is 2. The molecule has 0 aliphatic rings. The highest BCUT2D eigenvalue weighted by Crippen LogP contribution is 2.38. The highest BCUT2D eigenvalue weighted by atomic mass is 16.3. The lowest BCUT2D eigenvalue weighted by Gasteiger charge is -2.18. The molecule has 3 rings (SSSR count). The van der Waals surface area contributed by atoms with Crippen molar-refractivity contribution >= 4 is 22.8 Å². The third-order valence-electron chi connectivity index (χ3n) is 6.99. The van der Waals surface area contributed by atoms with Gasteiger partial charge in [0.25, 0.3) is 0 Å². The Labute approximate surface area is 225 Å². The monoisotopic (exact) mass is 498 g/mol. The molecule has 0 amide bonds. The Hall–Kier alpha value is -2.94. The molecular weight excluding hydrogens is 452 g/mol. The summed E-state index contributed by atoms with van der Waals surface area (Å²) in [5.41, 5.74) is 11.6. The Morgan fingerprint density at radius 1 is 0.541 bits per heavy atom. The van der Waals surface area contributed by atoms with E-state index in [1.807, 2.05) is 26.0 Å². The minimum absolute atomic E-state index is 0.394. The minimum atomic E-state index is 0.394. The molecule has 1 heterocycles. The third-order valence-corrected chi connectivity index (χ3v) is 6.99. The van der Waals surface area contributed by atoms with E-state index < -0.39 is 0 Å². The number of aryl methyl sites for hydroxylation is 2. The van der Waals surface area contributed by atoms with Gasteiger partial charge in [-0.1, -0.05) is 90.8 Å². The first-order valence-corrected chi connectivity index (χ1v) is 13.8. The van der Waals surface area contributed by atoms with Crippen LogP contribution in [0.5, 0.6) is 0 Å². The van der Waals surface area contributed by atoms with Crippen molar-refractivity contribution in [2.75, 3.05) is 0 Å². The lowest BCUT2D eigenvalue weighted by Crippen LogP contribution is -2.01. The van der Waals surface area contributed by atoms with Crippen molar-refractivity contribution in [2.24, 2.45) is 9.98 Å². The molecule has 0 aliphatic carbocycles. The molecule has 0 atom stereocenters. The van der Waals surface area contributed by atoms with Crippen molar-refractivity contribution in [3.63, 3.8) is 0 Å². The van der Waals surface area contributed by atoms with Gasteiger partial charge in [0.05, 0.1) is 22.8 Å². The molecule has 198 valence electrons. The van der Waals surface area contributed by atoms with Gasteiger partial charge in [-0.05, 0) is 85.8 Å². The molecule has 0 spiro atoms. The lowest BCUT2D eigenvalue weighted by atomic mass is 9.90. The van der Waals surface area contributed by atoms with Crippen LogP contribution >= 0.6 is 0 Å². The standard InChI is InChI=1S/C34H46N2O/c1-19(2)27-15-23(9)16-28(20(3)4)33(27)35-25(11)31-13-14-32(37-31)26(12)36-34-29(21(5)6)17-24(10)18-30(34)22(7)8/h13-22H,1-12H3. The summed E-state index contributed by atoms with van der Waals surface area (Å²) in [5.74, 6) is 3.14. The molecule has 0 bridgehead atoms. The minimum Gasteiger partial charge on any atom is -0.454 e. The van der Waals surface area contributed by atoms with Gasteiger partial charge in [0.2, 0.25) is 0 Å². The fraction of sp³-hybridized carbons (Fsp3) is 0.471. The van der Waals surface area contributed by atoms with Crippen molar-refractivity contribution in [3.05, 3.63) is 81.3 Å². The second-order valence-corrected chi connectivity index (χ2v) is 11.8. The van der Waals surface area contributed by atoms with Crippen LogP contribution in [0.15, 0.2) is 50.8 Å². The highest BCUT2D eigenvalue weighted by Gasteiger charge is 2.18. The van der Waals surface area contributed by atoms with Gasteiger partial charge in [0.15, 0.2) is 0 Å². The van der Waals surface area contributed by atoms with E-state index in [2.05, 4.69) is 93.5 Å². The fourth-order valence-corrected chi connectivity index (χ4v) is 4.86. The molecule has 3 nitrogen and oxygen atoms in total. The molecule has 0 saturated carbocycles. The van der Waals surface area contributed by atoms with E-state index >= 15 is 0 Å². The summed E-state index contributed by atoms with van der Waals surface area (Å²) in [4.78, 5) is 10.3. The molecule has 1 aromatic heterocycles. The van der Waals surface area contributed by atoms with Gasteiger partial charge in [0, 0.05) is 0 Å². The summed E-state index contributed by atoms with van der Waals surface area (Å²) in [7, 11) is 0. The van der Waals surface area contributed by atoms with Crippen LogP contribution in [0.4, 0.5) is 11.4 Å². The maximum atomic E-state index is 6.34. The van der Waals surface area contributed by atoms with E-state index in [1.54, 1.807) is 0 Å². The van der Waals surface area contributed by atoms with Crippen LogP contribution in [0.25, 0.3) is 0 Å². The predicted octanol–water partition coefficient (Wildman–Crippen LogP) is 10.7. The largest absolute Gasteiger partial charge is 0.454 e. The Bertz CT molecular complexity index is 1160. The number of furan rings is 1. The van der Waals surface area contributed by atoms with Crippen LogP contribution < -0.4 is 0 Å². The van der Waals surface area contributed by atoms with Crippen molar-refractivity contribution in [3.8, 4) is 0 Å². The zero-order valence-electron chi connectivity index (χ0n) is 25.1. The summed E-state index contributed by atoms with van der Waals surface area (Å²) in [6.07, 6.45) is 0. The smallest absolute Gasteiger partial charge is 0.148 e. The number of nitrogens with zero attached hydrogens (tertiary/aromatic N) is 2. The summed E-state index contributed by atoms with van der Waals surface area (Å²) in [6, 6.07) is 13.1. The van der Waals surface area contributed by atoms with Crippen LogP contribution in [0.1, 0.15) is 138 Å². The van der Waals surface area contributed by atoms with Crippen molar-refractivity contribution < 1.29 is 4.42 Å². The Kier molecular flexibility index (Phi) is 9.00. The van der Waals surface area contributed by atoms with E-state index in [0.717, 1.165) is 34.3 Å². The normalized spacial score (nSPS) is 13.1. The molecule has 3 aromatic rings. The molecule has 0 radical (unpaired) electrons. The van der Waals surface area contributed by atoms with Gasteiger partial charge in [-0.2, -0.15) is 0 Å². The second kappa shape index (κ2) is 11.6. The summed E-state index contributed by atoms with van der Waals surface area (Å²) in [5, 5.41) is 0. The first-order chi connectivity index (χ1) is 17.3. The molecule has 0 N–H and O–H groups in total. The number of benzene rings is 2.